The summed E-state index contributed by atoms with van der Waals surface area (Å²) in [6, 6.07) is 6.37. The fourth-order valence-electron chi connectivity index (χ4n) is 4.37. The van der Waals surface area contributed by atoms with E-state index in [0.29, 0.717) is 53.6 Å². The number of aromatic nitrogens is 5. The average molecular weight is 486 g/mol. The largest absolute Gasteiger partial charge is 0.495 e. The molecule has 1 aliphatic heterocycles. The molecule has 1 aromatic carbocycles. The van der Waals surface area contributed by atoms with Crippen LogP contribution in [0.2, 0.25) is 5.02 Å². The maximum atomic E-state index is 14.7. The number of anilines is 1. The van der Waals surface area contributed by atoms with Crippen molar-refractivity contribution >= 4 is 34.6 Å². The molecule has 0 bridgehead atoms. The van der Waals surface area contributed by atoms with Crippen molar-refractivity contribution in [3.63, 3.8) is 0 Å². The lowest BCUT2D eigenvalue weighted by Crippen LogP contribution is -2.54. The van der Waals surface area contributed by atoms with E-state index in [2.05, 4.69) is 20.2 Å². The number of ether oxygens (including phenoxy) is 1. The monoisotopic (exact) mass is 485 g/mol. The van der Waals surface area contributed by atoms with Crippen LogP contribution >= 0.6 is 11.6 Å². The molecule has 0 radical (unpaired) electrons. The molecular formula is C22H21ClFN7O3. The predicted molar refractivity (Wildman–Crippen MR) is 122 cm³/mol. The lowest BCUT2D eigenvalue weighted by Gasteiger charge is -2.43. The molecule has 4 aromatic rings. The number of aldehydes is 1. The van der Waals surface area contributed by atoms with Gasteiger partial charge in [-0.05, 0) is 25.1 Å². The number of halogens is 2. The zero-order valence-corrected chi connectivity index (χ0v) is 19.2. The number of carbonyl (C=O) groups excluding carboxylic acids is 1. The Morgan fingerprint density at radius 1 is 1.32 bits per heavy atom. The number of piperazine rings is 1. The second kappa shape index (κ2) is 8.99. The zero-order chi connectivity index (χ0) is 23.8. The van der Waals surface area contributed by atoms with Gasteiger partial charge in [-0.25, -0.2) is 14.1 Å². The van der Waals surface area contributed by atoms with Gasteiger partial charge in [0.05, 0.1) is 23.2 Å². The predicted octanol–water partition coefficient (Wildman–Crippen LogP) is 3.19. The fourth-order valence-corrected chi connectivity index (χ4v) is 4.60. The first-order chi connectivity index (χ1) is 16.5. The van der Waals surface area contributed by atoms with Gasteiger partial charge in [0.2, 0.25) is 12.2 Å². The summed E-state index contributed by atoms with van der Waals surface area (Å²) < 4.78 is 26.4. The van der Waals surface area contributed by atoms with Crippen LogP contribution in [0.3, 0.4) is 0 Å². The minimum absolute atomic E-state index is 0.110. The molecule has 0 spiro atoms. The van der Waals surface area contributed by atoms with Gasteiger partial charge in [-0.3, -0.25) is 9.69 Å². The molecule has 1 aliphatic rings. The summed E-state index contributed by atoms with van der Waals surface area (Å²) in [6.07, 6.45) is 2.97. The first kappa shape index (κ1) is 22.2. The van der Waals surface area contributed by atoms with Gasteiger partial charge in [0, 0.05) is 37.9 Å². The number of pyridine rings is 1. The van der Waals surface area contributed by atoms with Gasteiger partial charge in [0.15, 0.2) is 18.1 Å². The van der Waals surface area contributed by atoms with Crippen LogP contribution in [0.5, 0.6) is 5.75 Å². The van der Waals surface area contributed by atoms with Gasteiger partial charge in [0.1, 0.15) is 17.3 Å². The smallest absolute Gasteiger partial charge is 0.223 e. The minimum atomic E-state index is -0.722. The summed E-state index contributed by atoms with van der Waals surface area (Å²) in [6.45, 7) is 3.44. The highest BCUT2D eigenvalue weighted by Gasteiger charge is 2.33. The van der Waals surface area contributed by atoms with E-state index >= 15 is 0 Å². The topological polar surface area (TPSA) is 102 Å². The molecule has 0 N–H and O–H groups in total. The van der Waals surface area contributed by atoms with Crippen LogP contribution < -0.4 is 9.64 Å². The maximum absolute atomic E-state index is 14.7. The van der Waals surface area contributed by atoms with Gasteiger partial charge in [-0.1, -0.05) is 16.8 Å². The van der Waals surface area contributed by atoms with Crippen molar-refractivity contribution in [2.75, 3.05) is 31.6 Å². The van der Waals surface area contributed by atoms with Gasteiger partial charge in [-0.2, -0.15) is 10.1 Å². The van der Waals surface area contributed by atoms with E-state index < -0.39 is 12.0 Å². The molecule has 176 valence electrons. The quantitative estimate of drug-likeness (QED) is 0.381. The standard InChI is InChI=1S/C22H21ClFN7O3/c1-13-10-29(17-9-18(33-2)15(23)8-16(17)24)6-7-30(13)19(11-32)31-22-14(4-3-5-25-22)20(27-31)21-26-12-34-28-21/h3-5,8-9,11-13,19H,6-7,10H2,1-2H3. The summed E-state index contributed by atoms with van der Waals surface area (Å²) in [5.41, 5.74) is 1.41. The van der Waals surface area contributed by atoms with E-state index in [1.54, 1.807) is 23.0 Å². The van der Waals surface area contributed by atoms with E-state index in [9.17, 15) is 9.18 Å². The second-order valence-corrected chi connectivity index (χ2v) is 8.35. The minimum Gasteiger partial charge on any atom is -0.495 e. The molecule has 1 saturated heterocycles. The van der Waals surface area contributed by atoms with Gasteiger partial charge in [-0.15, -0.1) is 0 Å². The van der Waals surface area contributed by atoms with Crippen LogP contribution in [-0.2, 0) is 4.79 Å². The zero-order valence-electron chi connectivity index (χ0n) is 18.4. The van der Waals surface area contributed by atoms with Crippen LogP contribution in [-0.4, -0.2) is 68.9 Å². The molecule has 10 nitrogen and oxygen atoms in total. The number of fused-ring (bicyclic) bond motifs is 1. The van der Waals surface area contributed by atoms with Gasteiger partial charge < -0.3 is 14.2 Å². The number of hydrogen-bond acceptors (Lipinski definition) is 9. The van der Waals surface area contributed by atoms with Crippen molar-refractivity contribution in [1.82, 2.24) is 29.8 Å². The fraction of sp³-hybridized carbons (Fsp3) is 0.318. The Bertz CT molecular complexity index is 1330. The highest BCUT2D eigenvalue weighted by atomic mass is 35.5. The Kier molecular flexibility index (Phi) is 5.88. The lowest BCUT2D eigenvalue weighted by atomic mass is 10.1. The summed E-state index contributed by atoms with van der Waals surface area (Å²) >= 11 is 6.05. The lowest BCUT2D eigenvalue weighted by molar-refractivity contribution is -0.117. The molecule has 5 rings (SSSR count). The van der Waals surface area contributed by atoms with Crippen molar-refractivity contribution < 1.29 is 18.4 Å². The van der Waals surface area contributed by atoms with E-state index in [-0.39, 0.29) is 11.1 Å². The van der Waals surface area contributed by atoms with Gasteiger partial charge in [0.25, 0.3) is 0 Å². The first-order valence-corrected chi connectivity index (χ1v) is 11.0. The molecule has 2 unspecified atom stereocenters. The Balaban J connectivity index is 1.45. The summed E-state index contributed by atoms with van der Waals surface area (Å²) in [4.78, 5) is 24.8. The molecule has 12 heteroatoms. The van der Waals surface area contributed by atoms with E-state index in [4.69, 9.17) is 20.9 Å². The Labute approximate surface area is 198 Å². The number of carbonyl (C=O) groups is 1. The summed E-state index contributed by atoms with van der Waals surface area (Å²) in [5, 5.41) is 9.43. The molecule has 0 saturated carbocycles. The Morgan fingerprint density at radius 2 is 2.18 bits per heavy atom. The van der Waals surface area contributed by atoms with Crippen LogP contribution in [0.15, 0.2) is 41.4 Å². The van der Waals surface area contributed by atoms with Crippen LogP contribution in [0, 0.1) is 5.82 Å². The van der Waals surface area contributed by atoms with Crippen molar-refractivity contribution in [2.45, 2.75) is 19.1 Å². The van der Waals surface area contributed by atoms with Crippen LogP contribution in [0.4, 0.5) is 10.1 Å². The Hall–Kier alpha value is -3.57. The van der Waals surface area contributed by atoms with Crippen LogP contribution in [0.25, 0.3) is 22.6 Å². The van der Waals surface area contributed by atoms with E-state index in [1.807, 2.05) is 22.8 Å². The third kappa shape index (κ3) is 3.76. The molecule has 4 heterocycles. The summed E-state index contributed by atoms with van der Waals surface area (Å²) in [5.74, 6) is 0.291. The van der Waals surface area contributed by atoms with Crippen molar-refractivity contribution in [1.29, 1.82) is 0 Å². The number of hydrogen-bond donors (Lipinski definition) is 0. The molecule has 3 aromatic heterocycles. The molecule has 0 aliphatic carbocycles. The number of methoxy groups -OCH3 is 1. The average Bonchev–Trinajstić information content (AvgIpc) is 3.49. The number of nitrogens with zero attached hydrogens (tertiary/aromatic N) is 7. The SMILES string of the molecule is COc1cc(N2CCN(C(C=O)n3nc(-c4ncon4)c4cccnc43)C(C)C2)c(F)cc1Cl. The maximum Gasteiger partial charge on any atom is 0.223 e. The molecule has 0 amide bonds. The van der Waals surface area contributed by atoms with E-state index in [1.165, 1.54) is 19.6 Å². The summed E-state index contributed by atoms with van der Waals surface area (Å²) in [7, 11) is 1.49. The third-order valence-electron chi connectivity index (χ3n) is 5.99. The van der Waals surface area contributed by atoms with E-state index in [0.717, 1.165) is 6.29 Å². The molecular weight excluding hydrogens is 465 g/mol. The number of benzene rings is 1. The number of rotatable bonds is 6. The Morgan fingerprint density at radius 3 is 2.88 bits per heavy atom. The van der Waals surface area contributed by atoms with Crippen molar-refractivity contribution in [2.24, 2.45) is 0 Å². The second-order valence-electron chi connectivity index (χ2n) is 7.94. The highest BCUT2D eigenvalue weighted by molar-refractivity contribution is 6.32. The molecule has 2 atom stereocenters. The van der Waals surface area contributed by atoms with Gasteiger partial charge >= 0.3 is 0 Å². The molecule has 1 fully saturated rings. The van der Waals surface area contributed by atoms with Crippen LogP contribution in [0.1, 0.15) is 13.1 Å². The van der Waals surface area contributed by atoms with Crippen molar-refractivity contribution in [3.05, 3.63) is 47.7 Å². The highest BCUT2D eigenvalue weighted by Crippen LogP contribution is 2.34. The first-order valence-electron chi connectivity index (χ1n) is 10.6. The third-order valence-corrected chi connectivity index (χ3v) is 6.29. The molecule has 34 heavy (non-hydrogen) atoms. The normalized spacial score (nSPS) is 17.8. The van der Waals surface area contributed by atoms with Crippen molar-refractivity contribution in [3.8, 4) is 17.3 Å².